The van der Waals surface area contributed by atoms with Crippen molar-refractivity contribution in [3.05, 3.63) is 97.4 Å². The van der Waals surface area contributed by atoms with E-state index in [1.807, 2.05) is 31.2 Å². The molecule has 29 heavy (non-hydrogen) atoms. The molecule has 8 nitrogen and oxygen atoms in total. The fourth-order valence-corrected chi connectivity index (χ4v) is 3.03. The molecule has 0 fully saturated rings. The Kier molecular flexibility index (Phi) is 5.54. The molecule has 0 unspecified atom stereocenters. The van der Waals surface area contributed by atoms with Crippen molar-refractivity contribution in [2.75, 3.05) is 7.05 Å². The molecule has 0 saturated carbocycles. The monoisotopic (exact) mass is 392 g/mol. The van der Waals surface area contributed by atoms with Gasteiger partial charge in [-0.1, -0.05) is 36.4 Å². The normalized spacial score (nSPS) is 10.6. The Hall–Kier alpha value is -3.81. The van der Waals surface area contributed by atoms with Gasteiger partial charge < -0.3 is 4.90 Å². The number of rotatable bonds is 5. The first-order chi connectivity index (χ1) is 13.8. The van der Waals surface area contributed by atoms with E-state index < -0.39 is 16.3 Å². The Morgan fingerprint density at radius 3 is 2.48 bits per heavy atom. The summed E-state index contributed by atoms with van der Waals surface area (Å²) in [5.74, 6) is -0.550. The second-order valence-electron chi connectivity index (χ2n) is 6.74. The predicted octanol–water partition coefficient (Wildman–Crippen LogP) is 3.03. The van der Waals surface area contributed by atoms with Crippen molar-refractivity contribution in [3.63, 3.8) is 0 Å². The molecule has 8 heteroatoms. The summed E-state index contributed by atoms with van der Waals surface area (Å²) in [5.41, 5.74) is 1.58. The summed E-state index contributed by atoms with van der Waals surface area (Å²) in [6, 6.07) is 15.0. The molecule has 1 amide bonds. The van der Waals surface area contributed by atoms with Gasteiger partial charge in [-0.25, -0.2) is 4.68 Å². The third-order valence-corrected chi connectivity index (χ3v) is 4.63. The lowest BCUT2D eigenvalue weighted by molar-refractivity contribution is -0.384. The summed E-state index contributed by atoms with van der Waals surface area (Å²) >= 11 is 0. The minimum atomic E-state index is -0.550. The van der Waals surface area contributed by atoms with Crippen LogP contribution in [0.2, 0.25) is 0 Å². The number of hydrogen-bond acceptors (Lipinski definition) is 5. The molecule has 0 aliphatic heterocycles. The van der Waals surface area contributed by atoms with Crippen molar-refractivity contribution in [3.8, 4) is 5.69 Å². The van der Waals surface area contributed by atoms with Gasteiger partial charge in [0.05, 0.1) is 4.92 Å². The first kappa shape index (κ1) is 19.9. The van der Waals surface area contributed by atoms with E-state index in [2.05, 4.69) is 5.10 Å². The fourth-order valence-electron chi connectivity index (χ4n) is 3.03. The van der Waals surface area contributed by atoms with Gasteiger partial charge in [0, 0.05) is 31.4 Å². The number of amides is 1. The number of para-hydroxylation sites is 2. The molecule has 1 aromatic heterocycles. The number of carbonyl (C=O) groups is 1. The Morgan fingerprint density at radius 1 is 1.14 bits per heavy atom. The standard InChI is InChI=1S/C21H20N4O4/c1-14-8-4-5-9-16(14)13-23(3)21(27)20-19(26)12-15(2)24(22-20)17-10-6-7-11-18(17)25(28)29/h4-12H,13H2,1-3H3. The number of aryl methyl sites for hydroxylation is 2. The second kappa shape index (κ2) is 8.05. The summed E-state index contributed by atoms with van der Waals surface area (Å²) in [6.45, 7) is 3.86. The molecule has 2 aromatic carbocycles. The fraction of sp³-hybridized carbons (Fsp3) is 0.190. The molecule has 0 aliphatic rings. The highest BCUT2D eigenvalue weighted by molar-refractivity contribution is 5.91. The third kappa shape index (κ3) is 4.06. The van der Waals surface area contributed by atoms with E-state index in [1.54, 1.807) is 26.1 Å². The van der Waals surface area contributed by atoms with E-state index in [1.165, 1.54) is 27.8 Å². The molecule has 3 rings (SSSR count). The van der Waals surface area contributed by atoms with Gasteiger partial charge in [0.15, 0.2) is 5.69 Å². The number of nitrogens with zero attached hydrogens (tertiary/aromatic N) is 4. The number of nitro groups is 1. The van der Waals surface area contributed by atoms with Gasteiger partial charge in [0.1, 0.15) is 5.69 Å². The van der Waals surface area contributed by atoms with Crippen molar-refractivity contribution >= 4 is 11.6 Å². The summed E-state index contributed by atoms with van der Waals surface area (Å²) in [7, 11) is 1.59. The number of carbonyl (C=O) groups excluding carboxylic acids is 1. The van der Waals surface area contributed by atoms with E-state index in [9.17, 15) is 19.7 Å². The third-order valence-electron chi connectivity index (χ3n) is 4.63. The molecule has 0 atom stereocenters. The first-order valence-corrected chi connectivity index (χ1v) is 8.94. The highest BCUT2D eigenvalue weighted by Gasteiger charge is 2.22. The average molecular weight is 392 g/mol. The van der Waals surface area contributed by atoms with Gasteiger partial charge in [0.2, 0.25) is 5.43 Å². The van der Waals surface area contributed by atoms with Gasteiger partial charge in [-0.15, -0.1) is 0 Å². The summed E-state index contributed by atoms with van der Waals surface area (Å²) in [5, 5.41) is 15.5. The van der Waals surface area contributed by atoms with Gasteiger partial charge in [-0.05, 0) is 31.0 Å². The van der Waals surface area contributed by atoms with E-state index in [4.69, 9.17) is 0 Å². The quantitative estimate of drug-likeness (QED) is 0.491. The summed E-state index contributed by atoms with van der Waals surface area (Å²) < 4.78 is 1.26. The summed E-state index contributed by atoms with van der Waals surface area (Å²) in [6.07, 6.45) is 0. The molecular formula is C21H20N4O4. The molecular weight excluding hydrogens is 372 g/mol. The van der Waals surface area contributed by atoms with Crippen LogP contribution in [-0.4, -0.2) is 32.6 Å². The van der Waals surface area contributed by atoms with Gasteiger partial charge in [-0.3, -0.25) is 19.7 Å². The van der Waals surface area contributed by atoms with E-state index in [0.717, 1.165) is 11.1 Å². The average Bonchev–Trinajstić information content (AvgIpc) is 2.69. The zero-order chi connectivity index (χ0) is 21.1. The van der Waals surface area contributed by atoms with Crippen LogP contribution in [0.5, 0.6) is 0 Å². The van der Waals surface area contributed by atoms with Crippen LogP contribution in [-0.2, 0) is 6.54 Å². The van der Waals surface area contributed by atoms with Crippen LogP contribution in [0.4, 0.5) is 5.69 Å². The van der Waals surface area contributed by atoms with E-state index in [0.29, 0.717) is 12.2 Å². The van der Waals surface area contributed by atoms with Crippen LogP contribution in [0, 0.1) is 24.0 Å². The Balaban J connectivity index is 2.02. The lowest BCUT2D eigenvalue weighted by Gasteiger charge is -2.19. The van der Waals surface area contributed by atoms with E-state index >= 15 is 0 Å². The number of hydrogen-bond donors (Lipinski definition) is 0. The molecule has 0 radical (unpaired) electrons. The van der Waals surface area contributed by atoms with Crippen LogP contribution >= 0.6 is 0 Å². The van der Waals surface area contributed by atoms with Crippen molar-refractivity contribution in [1.82, 2.24) is 14.7 Å². The SMILES string of the molecule is Cc1ccccc1CN(C)C(=O)c1nn(-c2ccccc2[N+](=O)[O-])c(C)cc1=O. The summed E-state index contributed by atoms with van der Waals surface area (Å²) in [4.78, 5) is 37.6. The smallest absolute Gasteiger partial charge is 0.294 e. The lowest BCUT2D eigenvalue weighted by atomic mass is 10.1. The molecule has 0 N–H and O–H groups in total. The van der Waals surface area contributed by atoms with Crippen LogP contribution < -0.4 is 5.43 Å². The zero-order valence-electron chi connectivity index (χ0n) is 16.3. The number of nitro benzene ring substituents is 1. The number of benzene rings is 2. The molecule has 0 aliphatic carbocycles. The van der Waals surface area contributed by atoms with Crippen molar-refractivity contribution in [2.24, 2.45) is 0 Å². The molecule has 3 aromatic rings. The molecule has 148 valence electrons. The lowest BCUT2D eigenvalue weighted by Crippen LogP contribution is -2.33. The minimum absolute atomic E-state index is 0.168. The molecule has 1 heterocycles. The zero-order valence-corrected chi connectivity index (χ0v) is 16.3. The van der Waals surface area contributed by atoms with Crippen molar-refractivity contribution < 1.29 is 9.72 Å². The molecule has 0 bridgehead atoms. The van der Waals surface area contributed by atoms with Crippen molar-refractivity contribution in [2.45, 2.75) is 20.4 Å². The van der Waals surface area contributed by atoms with Gasteiger partial charge >= 0.3 is 0 Å². The van der Waals surface area contributed by atoms with Crippen LogP contribution in [0.15, 0.2) is 59.4 Å². The Labute approximate surface area is 167 Å². The Bertz CT molecular complexity index is 1150. The van der Waals surface area contributed by atoms with Gasteiger partial charge in [-0.2, -0.15) is 5.10 Å². The van der Waals surface area contributed by atoms with Crippen LogP contribution in [0.1, 0.15) is 27.3 Å². The molecule has 0 saturated heterocycles. The number of aromatic nitrogens is 2. The highest BCUT2D eigenvalue weighted by Crippen LogP contribution is 2.22. The predicted molar refractivity (Wildman–Crippen MR) is 108 cm³/mol. The topological polar surface area (TPSA) is 98.3 Å². The first-order valence-electron chi connectivity index (χ1n) is 8.94. The maximum atomic E-state index is 12.9. The maximum absolute atomic E-state index is 12.9. The minimum Gasteiger partial charge on any atom is -0.336 e. The van der Waals surface area contributed by atoms with Gasteiger partial charge in [0.25, 0.3) is 11.6 Å². The second-order valence-corrected chi connectivity index (χ2v) is 6.74. The van der Waals surface area contributed by atoms with Crippen LogP contribution in [0.3, 0.4) is 0 Å². The molecule has 0 spiro atoms. The Morgan fingerprint density at radius 2 is 1.79 bits per heavy atom. The van der Waals surface area contributed by atoms with Crippen molar-refractivity contribution in [1.29, 1.82) is 0 Å². The van der Waals surface area contributed by atoms with E-state index in [-0.39, 0.29) is 17.1 Å². The van der Waals surface area contributed by atoms with Crippen LogP contribution in [0.25, 0.3) is 5.69 Å². The highest BCUT2D eigenvalue weighted by atomic mass is 16.6. The maximum Gasteiger partial charge on any atom is 0.294 e. The largest absolute Gasteiger partial charge is 0.336 e.